The summed E-state index contributed by atoms with van der Waals surface area (Å²) in [5.74, 6) is 1.10. The Hall–Kier alpha value is -2.01. The Balaban J connectivity index is 1.38. The SMILES string of the molecule is c1cncc(CN2CCC(N(c3ccncn3)C3CC3)CC2)c1. The molecule has 0 radical (unpaired) electrons. The van der Waals surface area contributed by atoms with Gasteiger partial charge in [0.15, 0.2) is 0 Å². The molecule has 2 aromatic rings. The minimum Gasteiger partial charge on any atom is -0.350 e. The van der Waals surface area contributed by atoms with Crippen LogP contribution in [0.4, 0.5) is 5.82 Å². The van der Waals surface area contributed by atoms with Crippen LogP contribution in [0.2, 0.25) is 0 Å². The molecule has 0 amide bonds. The fourth-order valence-electron chi connectivity index (χ4n) is 3.57. The lowest BCUT2D eigenvalue weighted by Gasteiger charge is -2.39. The molecule has 2 fully saturated rings. The zero-order valence-electron chi connectivity index (χ0n) is 13.4. The van der Waals surface area contributed by atoms with Crippen molar-refractivity contribution in [1.82, 2.24) is 19.9 Å². The second-order valence-electron chi connectivity index (χ2n) is 6.57. The Morgan fingerprint density at radius 2 is 1.83 bits per heavy atom. The smallest absolute Gasteiger partial charge is 0.132 e. The molecule has 0 aromatic carbocycles. The Kier molecular flexibility index (Phi) is 4.20. The number of aromatic nitrogens is 3. The van der Waals surface area contributed by atoms with Crippen molar-refractivity contribution >= 4 is 5.82 Å². The van der Waals surface area contributed by atoms with E-state index in [2.05, 4.69) is 36.9 Å². The molecule has 0 atom stereocenters. The van der Waals surface area contributed by atoms with Crippen molar-refractivity contribution in [2.75, 3.05) is 18.0 Å². The van der Waals surface area contributed by atoms with Crippen molar-refractivity contribution in [3.05, 3.63) is 48.7 Å². The lowest BCUT2D eigenvalue weighted by molar-refractivity contribution is 0.200. The van der Waals surface area contributed by atoms with Gasteiger partial charge in [-0.05, 0) is 43.4 Å². The van der Waals surface area contributed by atoms with Gasteiger partial charge in [0.2, 0.25) is 0 Å². The monoisotopic (exact) mass is 309 g/mol. The highest BCUT2D eigenvalue weighted by molar-refractivity contribution is 5.41. The molecule has 1 saturated carbocycles. The van der Waals surface area contributed by atoms with Crippen LogP contribution in [0.5, 0.6) is 0 Å². The Morgan fingerprint density at radius 3 is 2.48 bits per heavy atom. The predicted octanol–water partition coefficient (Wildman–Crippen LogP) is 2.51. The molecule has 3 heterocycles. The zero-order chi connectivity index (χ0) is 15.5. The fourth-order valence-corrected chi connectivity index (χ4v) is 3.57. The fraction of sp³-hybridized carbons (Fsp3) is 0.500. The van der Waals surface area contributed by atoms with Crippen LogP contribution >= 0.6 is 0 Å². The molecule has 0 unspecified atom stereocenters. The normalized spacial score (nSPS) is 19.7. The van der Waals surface area contributed by atoms with Crippen LogP contribution in [-0.2, 0) is 6.54 Å². The summed E-state index contributed by atoms with van der Waals surface area (Å²) < 4.78 is 0. The van der Waals surface area contributed by atoms with Crippen LogP contribution in [0, 0.1) is 0 Å². The molecule has 23 heavy (non-hydrogen) atoms. The number of nitrogens with zero attached hydrogens (tertiary/aromatic N) is 5. The summed E-state index contributed by atoms with van der Waals surface area (Å²) in [7, 11) is 0. The van der Waals surface area contributed by atoms with Crippen molar-refractivity contribution in [3.63, 3.8) is 0 Å². The van der Waals surface area contributed by atoms with Crippen molar-refractivity contribution in [2.45, 2.75) is 44.3 Å². The number of anilines is 1. The van der Waals surface area contributed by atoms with E-state index in [1.54, 1.807) is 6.33 Å². The van der Waals surface area contributed by atoms with Gasteiger partial charge >= 0.3 is 0 Å². The third kappa shape index (κ3) is 3.50. The minimum absolute atomic E-state index is 0.613. The lowest BCUT2D eigenvalue weighted by Crippen LogP contribution is -2.46. The molecule has 1 aliphatic heterocycles. The van der Waals surface area contributed by atoms with Crippen LogP contribution in [0.15, 0.2) is 43.1 Å². The van der Waals surface area contributed by atoms with Gasteiger partial charge in [-0.2, -0.15) is 0 Å². The number of pyridine rings is 1. The quantitative estimate of drug-likeness (QED) is 0.849. The van der Waals surface area contributed by atoms with E-state index in [-0.39, 0.29) is 0 Å². The molecule has 5 heteroatoms. The van der Waals surface area contributed by atoms with Crippen LogP contribution < -0.4 is 4.90 Å². The van der Waals surface area contributed by atoms with Crippen molar-refractivity contribution in [1.29, 1.82) is 0 Å². The van der Waals surface area contributed by atoms with Crippen molar-refractivity contribution in [2.24, 2.45) is 0 Å². The average molecular weight is 309 g/mol. The van der Waals surface area contributed by atoms with E-state index in [4.69, 9.17) is 0 Å². The van der Waals surface area contributed by atoms with Gasteiger partial charge in [0.05, 0.1) is 0 Å². The minimum atomic E-state index is 0.613. The molecule has 0 spiro atoms. The number of likely N-dealkylation sites (tertiary alicyclic amines) is 1. The van der Waals surface area contributed by atoms with E-state index in [9.17, 15) is 0 Å². The summed E-state index contributed by atoms with van der Waals surface area (Å²) in [5, 5.41) is 0. The van der Waals surface area contributed by atoms with Crippen LogP contribution in [-0.4, -0.2) is 45.0 Å². The molecule has 2 aliphatic rings. The molecule has 0 bridgehead atoms. The van der Waals surface area contributed by atoms with E-state index in [1.807, 2.05) is 24.7 Å². The standard InChI is InChI=1S/C18H23N5/c1-2-15(12-19-8-1)13-22-10-6-17(7-11-22)23(16-3-4-16)18-5-9-20-14-21-18/h1-2,5,8-9,12,14,16-17H,3-4,6-7,10-11,13H2. The van der Waals surface area contributed by atoms with E-state index >= 15 is 0 Å². The molecule has 120 valence electrons. The molecular formula is C18H23N5. The van der Waals surface area contributed by atoms with Gasteiger partial charge < -0.3 is 4.90 Å². The highest BCUT2D eigenvalue weighted by Crippen LogP contribution is 2.35. The number of hydrogen-bond acceptors (Lipinski definition) is 5. The highest BCUT2D eigenvalue weighted by atomic mass is 15.3. The molecule has 4 rings (SSSR count). The first-order chi connectivity index (χ1) is 11.4. The third-order valence-corrected chi connectivity index (χ3v) is 4.85. The highest BCUT2D eigenvalue weighted by Gasteiger charge is 2.36. The Morgan fingerprint density at radius 1 is 1.00 bits per heavy atom. The predicted molar refractivity (Wildman–Crippen MR) is 90.1 cm³/mol. The maximum atomic E-state index is 4.50. The van der Waals surface area contributed by atoms with Gasteiger partial charge in [-0.1, -0.05) is 6.07 Å². The molecule has 5 nitrogen and oxygen atoms in total. The number of rotatable bonds is 5. The maximum absolute atomic E-state index is 4.50. The van der Waals surface area contributed by atoms with Gasteiger partial charge in [0, 0.05) is 50.3 Å². The Bertz CT molecular complexity index is 606. The lowest BCUT2D eigenvalue weighted by atomic mass is 10.0. The van der Waals surface area contributed by atoms with Gasteiger partial charge in [-0.3, -0.25) is 9.88 Å². The molecular weight excluding hydrogens is 286 g/mol. The van der Waals surface area contributed by atoms with Gasteiger partial charge in [0.25, 0.3) is 0 Å². The first-order valence-corrected chi connectivity index (χ1v) is 8.56. The molecule has 0 N–H and O–H groups in total. The summed E-state index contributed by atoms with van der Waals surface area (Å²) in [4.78, 5) is 17.9. The average Bonchev–Trinajstić information content (AvgIpc) is 3.44. The largest absolute Gasteiger partial charge is 0.350 e. The summed E-state index contributed by atoms with van der Waals surface area (Å²) in [6, 6.07) is 7.55. The summed E-state index contributed by atoms with van der Waals surface area (Å²) in [5.41, 5.74) is 1.31. The van der Waals surface area contributed by atoms with Gasteiger partial charge in [-0.25, -0.2) is 9.97 Å². The van der Waals surface area contributed by atoms with E-state index in [0.29, 0.717) is 12.1 Å². The summed E-state index contributed by atoms with van der Waals surface area (Å²) in [6.45, 7) is 3.30. The van der Waals surface area contributed by atoms with Gasteiger partial charge in [-0.15, -0.1) is 0 Å². The topological polar surface area (TPSA) is 45.2 Å². The molecule has 1 saturated heterocycles. The first-order valence-electron chi connectivity index (χ1n) is 8.56. The van der Waals surface area contributed by atoms with Crippen LogP contribution in [0.3, 0.4) is 0 Å². The summed E-state index contributed by atoms with van der Waals surface area (Å²) in [6.07, 6.45) is 12.4. The van der Waals surface area contributed by atoms with Crippen LogP contribution in [0.25, 0.3) is 0 Å². The van der Waals surface area contributed by atoms with E-state index in [0.717, 1.165) is 25.5 Å². The van der Waals surface area contributed by atoms with E-state index in [1.165, 1.54) is 31.2 Å². The number of hydrogen-bond donors (Lipinski definition) is 0. The Labute approximate surface area is 137 Å². The van der Waals surface area contributed by atoms with Crippen LogP contribution in [0.1, 0.15) is 31.2 Å². The molecule has 1 aliphatic carbocycles. The van der Waals surface area contributed by atoms with Gasteiger partial charge in [0.1, 0.15) is 12.1 Å². The van der Waals surface area contributed by atoms with Crippen molar-refractivity contribution < 1.29 is 0 Å². The third-order valence-electron chi connectivity index (χ3n) is 4.85. The summed E-state index contributed by atoms with van der Waals surface area (Å²) >= 11 is 0. The zero-order valence-corrected chi connectivity index (χ0v) is 13.4. The second-order valence-corrected chi connectivity index (χ2v) is 6.57. The maximum Gasteiger partial charge on any atom is 0.132 e. The first kappa shape index (κ1) is 14.6. The number of piperidine rings is 1. The van der Waals surface area contributed by atoms with Crippen molar-refractivity contribution in [3.8, 4) is 0 Å². The van der Waals surface area contributed by atoms with E-state index < -0.39 is 0 Å². The second kappa shape index (κ2) is 6.62. The molecule has 2 aromatic heterocycles.